The largest absolute Gasteiger partial charge is 0.396 e. The van der Waals surface area contributed by atoms with E-state index < -0.39 is 5.82 Å². The van der Waals surface area contributed by atoms with Crippen molar-refractivity contribution in [3.8, 4) is 0 Å². The number of amides is 1. The molecule has 94 valence electrons. The molecule has 5 nitrogen and oxygen atoms in total. The number of nitrogen functional groups attached to an aromatic ring is 1. The van der Waals surface area contributed by atoms with Gasteiger partial charge in [-0.25, -0.2) is 4.39 Å². The second-order valence-electron chi connectivity index (χ2n) is 4.44. The molecule has 18 heavy (non-hydrogen) atoms. The van der Waals surface area contributed by atoms with Gasteiger partial charge < -0.3 is 16.0 Å². The van der Waals surface area contributed by atoms with Gasteiger partial charge in [-0.05, 0) is 12.5 Å². The number of fused-ring (bicyclic) bond motifs is 3. The fourth-order valence-corrected chi connectivity index (χ4v) is 2.38. The van der Waals surface area contributed by atoms with Gasteiger partial charge >= 0.3 is 0 Å². The lowest BCUT2D eigenvalue weighted by Gasteiger charge is -2.32. The number of aliphatic imine (C=N–C) groups is 1. The van der Waals surface area contributed by atoms with Crippen molar-refractivity contribution in [1.29, 1.82) is 0 Å². The molecule has 6 heteroatoms. The van der Waals surface area contributed by atoms with Crippen molar-refractivity contribution in [1.82, 2.24) is 0 Å². The molecule has 1 aromatic rings. The zero-order valence-corrected chi connectivity index (χ0v) is 9.90. The molecular formula is C12H13FN4O. The number of anilines is 3. The number of benzene rings is 1. The van der Waals surface area contributed by atoms with Crippen LogP contribution in [0.2, 0.25) is 0 Å². The number of hydrogen-bond donors (Lipinski definition) is 2. The Kier molecular flexibility index (Phi) is 2.26. The molecule has 0 radical (unpaired) electrons. The standard InChI is InChI=1S/C12H13FN4O/c1-2-6-5-15-11-12(18)16-9-4-8(14)7(13)3-10(9)17(6)11/h3-4,6H,2,5,14H2,1H3,(H,16,18). The normalized spacial score (nSPS) is 21.2. The molecule has 3 N–H and O–H groups in total. The zero-order valence-electron chi connectivity index (χ0n) is 9.90. The van der Waals surface area contributed by atoms with Crippen LogP contribution in [0.15, 0.2) is 17.1 Å². The molecule has 0 saturated heterocycles. The molecule has 0 spiro atoms. The fraction of sp³-hybridized carbons (Fsp3) is 0.333. The molecule has 2 aliphatic heterocycles. The van der Waals surface area contributed by atoms with Crippen LogP contribution in [0, 0.1) is 5.82 Å². The van der Waals surface area contributed by atoms with E-state index >= 15 is 0 Å². The Morgan fingerprint density at radius 3 is 3.11 bits per heavy atom. The van der Waals surface area contributed by atoms with Crippen LogP contribution in [0.4, 0.5) is 21.5 Å². The number of nitrogens with one attached hydrogen (secondary N) is 1. The molecule has 0 saturated carbocycles. The number of nitrogens with two attached hydrogens (primary N) is 1. The summed E-state index contributed by atoms with van der Waals surface area (Å²) in [6.45, 7) is 2.58. The van der Waals surface area contributed by atoms with E-state index in [9.17, 15) is 9.18 Å². The van der Waals surface area contributed by atoms with Crippen LogP contribution in [0.5, 0.6) is 0 Å². The number of carbonyl (C=O) groups excluding carboxylic acids is 1. The van der Waals surface area contributed by atoms with Gasteiger partial charge in [-0.1, -0.05) is 6.92 Å². The van der Waals surface area contributed by atoms with Gasteiger partial charge in [0.15, 0.2) is 5.84 Å². The summed E-state index contributed by atoms with van der Waals surface area (Å²) in [5.41, 5.74) is 6.72. The van der Waals surface area contributed by atoms with Crippen molar-refractivity contribution in [3.05, 3.63) is 17.9 Å². The highest BCUT2D eigenvalue weighted by Gasteiger charge is 2.37. The number of carbonyl (C=O) groups is 1. The highest BCUT2D eigenvalue weighted by molar-refractivity contribution is 6.49. The summed E-state index contributed by atoms with van der Waals surface area (Å²) in [6, 6.07) is 2.91. The van der Waals surface area contributed by atoms with Crippen LogP contribution >= 0.6 is 0 Å². The Labute approximate surface area is 103 Å². The lowest BCUT2D eigenvalue weighted by Crippen LogP contribution is -2.46. The van der Waals surface area contributed by atoms with Crippen molar-refractivity contribution >= 4 is 28.8 Å². The van der Waals surface area contributed by atoms with Crippen molar-refractivity contribution < 1.29 is 9.18 Å². The highest BCUT2D eigenvalue weighted by Crippen LogP contribution is 2.37. The third-order valence-corrected chi connectivity index (χ3v) is 3.34. The van der Waals surface area contributed by atoms with E-state index in [1.807, 2.05) is 6.92 Å². The van der Waals surface area contributed by atoms with E-state index in [4.69, 9.17) is 5.73 Å². The summed E-state index contributed by atoms with van der Waals surface area (Å²) in [5, 5.41) is 2.69. The maximum Gasteiger partial charge on any atom is 0.291 e. The second kappa shape index (κ2) is 3.69. The van der Waals surface area contributed by atoms with E-state index in [0.29, 0.717) is 23.8 Å². The van der Waals surface area contributed by atoms with E-state index in [2.05, 4.69) is 10.3 Å². The highest BCUT2D eigenvalue weighted by atomic mass is 19.1. The Hall–Kier alpha value is -2.11. The Bertz CT molecular complexity index is 569. The zero-order chi connectivity index (χ0) is 12.9. The number of halogens is 1. The molecule has 2 heterocycles. The van der Waals surface area contributed by atoms with Crippen LogP contribution in [-0.4, -0.2) is 24.3 Å². The molecule has 0 bridgehead atoms. The summed E-state index contributed by atoms with van der Waals surface area (Å²) in [4.78, 5) is 17.9. The topological polar surface area (TPSA) is 70.7 Å². The Balaban J connectivity index is 2.16. The Morgan fingerprint density at radius 1 is 1.61 bits per heavy atom. The molecule has 1 unspecified atom stereocenters. The van der Waals surface area contributed by atoms with Gasteiger partial charge in [-0.3, -0.25) is 9.79 Å². The average molecular weight is 248 g/mol. The van der Waals surface area contributed by atoms with Gasteiger partial charge in [0.25, 0.3) is 5.91 Å². The molecule has 1 amide bonds. The Morgan fingerprint density at radius 2 is 2.39 bits per heavy atom. The molecule has 0 aromatic heterocycles. The molecular weight excluding hydrogens is 235 g/mol. The quantitative estimate of drug-likeness (QED) is 0.737. The first-order chi connectivity index (χ1) is 8.61. The van der Waals surface area contributed by atoms with Crippen molar-refractivity contribution in [2.75, 3.05) is 22.5 Å². The van der Waals surface area contributed by atoms with Gasteiger partial charge in [0.2, 0.25) is 0 Å². The first kappa shape index (κ1) is 11.0. The van der Waals surface area contributed by atoms with Gasteiger partial charge in [-0.15, -0.1) is 0 Å². The smallest absolute Gasteiger partial charge is 0.291 e. The van der Waals surface area contributed by atoms with Crippen molar-refractivity contribution in [2.24, 2.45) is 4.99 Å². The predicted octanol–water partition coefficient (Wildman–Crippen LogP) is 1.36. The first-order valence-corrected chi connectivity index (χ1v) is 5.86. The van der Waals surface area contributed by atoms with Crippen LogP contribution in [0.1, 0.15) is 13.3 Å². The fourth-order valence-electron chi connectivity index (χ4n) is 2.38. The predicted molar refractivity (Wildman–Crippen MR) is 68.3 cm³/mol. The molecule has 1 atom stereocenters. The second-order valence-corrected chi connectivity index (χ2v) is 4.44. The monoisotopic (exact) mass is 248 g/mol. The van der Waals surface area contributed by atoms with E-state index in [1.54, 1.807) is 4.90 Å². The minimum atomic E-state index is -0.481. The lowest BCUT2D eigenvalue weighted by molar-refractivity contribution is -0.110. The summed E-state index contributed by atoms with van der Waals surface area (Å²) >= 11 is 0. The molecule has 2 aliphatic rings. The third-order valence-electron chi connectivity index (χ3n) is 3.34. The number of rotatable bonds is 1. The van der Waals surface area contributed by atoms with Gasteiger partial charge in [0.1, 0.15) is 5.82 Å². The van der Waals surface area contributed by atoms with Crippen molar-refractivity contribution in [2.45, 2.75) is 19.4 Å². The molecule has 0 fully saturated rings. The minimum Gasteiger partial charge on any atom is -0.396 e. The SMILES string of the molecule is CCC1CN=C2C(=O)Nc3cc(N)c(F)cc3N21. The van der Waals surface area contributed by atoms with Crippen LogP contribution in [-0.2, 0) is 4.79 Å². The number of nitrogens with zero attached hydrogens (tertiary/aromatic N) is 2. The van der Waals surface area contributed by atoms with Crippen LogP contribution in [0.3, 0.4) is 0 Å². The first-order valence-electron chi connectivity index (χ1n) is 5.86. The van der Waals surface area contributed by atoms with Crippen LogP contribution in [0.25, 0.3) is 0 Å². The van der Waals surface area contributed by atoms with Gasteiger partial charge in [0, 0.05) is 6.07 Å². The van der Waals surface area contributed by atoms with Crippen LogP contribution < -0.4 is 16.0 Å². The average Bonchev–Trinajstić information content (AvgIpc) is 2.76. The van der Waals surface area contributed by atoms with Crippen molar-refractivity contribution in [3.63, 3.8) is 0 Å². The summed E-state index contributed by atoms with van der Waals surface area (Å²) in [5.74, 6) is -0.381. The van der Waals surface area contributed by atoms with Gasteiger partial charge in [0.05, 0.1) is 29.6 Å². The summed E-state index contributed by atoms with van der Waals surface area (Å²) in [7, 11) is 0. The van der Waals surface area contributed by atoms with Gasteiger partial charge in [-0.2, -0.15) is 0 Å². The maximum atomic E-state index is 13.6. The number of amidine groups is 1. The van der Waals surface area contributed by atoms with E-state index in [0.717, 1.165) is 6.42 Å². The summed E-state index contributed by atoms with van der Waals surface area (Å²) in [6.07, 6.45) is 0.839. The lowest BCUT2D eigenvalue weighted by atomic mass is 10.1. The van der Waals surface area contributed by atoms with E-state index in [-0.39, 0.29) is 17.6 Å². The summed E-state index contributed by atoms with van der Waals surface area (Å²) < 4.78 is 13.6. The van der Waals surface area contributed by atoms with E-state index in [1.165, 1.54) is 12.1 Å². The third kappa shape index (κ3) is 1.38. The minimum absolute atomic E-state index is 0.0293. The number of hydrogen-bond acceptors (Lipinski definition) is 4. The molecule has 1 aromatic carbocycles. The maximum absolute atomic E-state index is 13.6. The molecule has 3 rings (SSSR count). The molecule has 0 aliphatic carbocycles.